The summed E-state index contributed by atoms with van der Waals surface area (Å²) in [6, 6.07) is 0. The Kier molecular flexibility index (Phi) is 2.66. The summed E-state index contributed by atoms with van der Waals surface area (Å²) in [7, 11) is 1.70. The summed E-state index contributed by atoms with van der Waals surface area (Å²) in [5, 5.41) is 0. The molecule has 11 heavy (non-hydrogen) atoms. The number of methoxy groups -OCH3 is 1. The van der Waals surface area contributed by atoms with E-state index in [4.69, 9.17) is 4.74 Å². The quantitative estimate of drug-likeness (QED) is 0.580. The Morgan fingerprint density at radius 1 is 1.64 bits per heavy atom. The highest BCUT2D eigenvalue weighted by atomic mass is 16.5. The average Bonchev–Trinajstić information content (AvgIpc) is 1.84. The second kappa shape index (κ2) is 3.35. The fraction of sp³-hybridized carbons (Fsp3) is 0.889. The number of ether oxygens (including phenoxy) is 1. The van der Waals surface area contributed by atoms with Gasteiger partial charge >= 0.3 is 0 Å². The molecule has 2 heteroatoms. The Bertz CT molecular complexity index is 140. The van der Waals surface area contributed by atoms with Gasteiger partial charge in [0.15, 0.2) is 0 Å². The van der Waals surface area contributed by atoms with Crippen LogP contribution in [0.4, 0.5) is 0 Å². The highest BCUT2D eigenvalue weighted by molar-refractivity contribution is 5.51. The first-order valence-corrected chi connectivity index (χ1v) is 4.22. The minimum absolute atomic E-state index is 0.181. The molecule has 1 saturated carbocycles. The molecule has 0 radical (unpaired) electrons. The van der Waals surface area contributed by atoms with Crippen molar-refractivity contribution < 1.29 is 9.53 Å². The number of hydrogen-bond donors (Lipinski definition) is 0. The van der Waals surface area contributed by atoms with Crippen molar-refractivity contribution in [2.45, 2.75) is 38.2 Å². The number of carbonyl (C=O) groups excluding carboxylic acids is 1. The maximum absolute atomic E-state index is 10.3. The van der Waals surface area contributed by atoms with Crippen LogP contribution in [0.25, 0.3) is 0 Å². The lowest BCUT2D eigenvalue weighted by Gasteiger charge is -2.40. The third-order valence-electron chi connectivity index (χ3n) is 2.92. The number of carbonyl (C=O) groups is 1. The van der Waals surface area contributed by atoms with E-state index in [0.29, 0.717) is 12.3 Å². The number of hydrogen-bond acceptors (Lipinski definition) is 2. The van der Waals surface area contributed by atoms with E-state index in [1.54, 1.807) is 7.11 Å². The molecule has 0 bridgehead atoms. The Morgan fingerprint density at radius 2 is 2.27 bits per heavy atom. The summed E-state index contributed by atoms with van der Waals surface area (Å²) < 4.78 is 5.35. The van der Waals surface area contributed by atoms with Gasteiger partial charge in [-0.05, 0) is 25.7 Å². The van der Waals surface area contributed by atoms with E-state index in [9.17, 15) is 4.79 Å². The van der Waals surface area contributed by atoms with Gasteiger partial charge in [-0.3, -0.25) is 0 Å². The van der Waals surface area contributed by atoms with Crippen LogP contribution in [-0.2, 0) is 9.53 Å². The molecule has 0 saturated heterocycles. The largest absolute Gasteiger partial charge is 0.378 e. The van der Waals surface area contributed by atoms with Gasteiger partial charge in [0.2, 0.25) is 0 Å². The molecule has 0 aromatic heterocycles. The maximum Gasteiger partial charge on any atom is 0.122 e. The molecule has 0 aromatic carbocycles. The van der Waals surface area contributed by atoms with Crippen molar-refractivity contribution in [3.8, 4) is 0 Å². The molecule has 1 unspecified atom stereocenters. The van der Waals surface area contributed by atoms with Crippen LogP contribution in [0.2, 0.25) is 0 Å². The SMILES string of the molecule is COC(C)(CC=O)C1CCC1. The normalized spacial score (nSPS) is 23.8. The third-order valence-corrected chi connectivity index (χ3v) is 2.92. The summed E-state index contributed by atoms with van der Waals surface area (Å²) in [6.07, 6.45) is 5.23. The van der Waals surface area contributed by atoms with Crippen LogP contribution in [0.1, 0.15) is 32.6 Å². The molecule has 1 aliphatic carbocycles. The molecule has 1 rings (SSSR count). The average molecular weight is 156 g/mol. The van der Waals surface area contributed by atoms with E-state index in [2.05, 4.69) is 0 Å². The van der Waals surface area contributed by atoms with Gasteiger partial charge < -0.3 is 9.53 Å². The molecule has 0 aromatic rings. The van der Waals surface area contributed by atoms with Gasteiger partial charge in [-0.2, -0.15) is 0 Å². The first kappa shape index (κ1) is 8.72. The van der Waals surface area contributed by atoms with Crippen molar-refractivity contribution in [2.24, 2.45) is 5.92 Å². The van der Waals surface area contributed by atoms with Crippen LogP contribution < -0.4 is 0 Å². The Hall–Kier alpha value is -0.370. The van der Waals surface area contributed by atoms with Crippen LogP contribution in [0.5, 0.6) is 0 Å². The highest BCUT2D eigenvalue weighted by Gasteiger charge is 2.37. The van der Waals surface area contributed by atoms with Gasteiger partial charge in [0.1, 0.15) is 6.29 Å². The van der Waals surface area contributed by atoms with E-state index in [1.165, 1.54) is 19.3 Å². The highest BCUT2D eigenvalue weighted by Crippen LogP contribution is 2.39. The zero-order chi connectivity index (χ0) is 8.32. The van der Waals surface area contributed by atoms with Crippen LogP contribution >= 0.6 is 0 Å². The predicted octanol–water partition coefficient (Wildman–Crippen LogP) is 1.78. The summed E-state index contributed by atoms with van der Waals surface area (Å²) in [5.74, 6) is 0.609. The van der Waals surface area contributed by atoms with Crippen molar-refractivity contribution in [1.29, 1.82) is 0 Å². The summed E-state index contributed by atoms with van der Waals surface area (Å²) in [4.78, 5) is 10.3. The van der Waals surface area contributed by atoms with E-state index >= 15 is 0 Å². The molecule has 64 valence electrons. The Labute approximate surface area is 67.9 Å². The fourth-order valence-corrected chi connectivity index (χ4v) is 1.60. The molecule has 0 aliphatic heterocycles. The van der Waals surface area contributed by atoms with Crippen LogP contribution in [0.3, 0.4) is 0 Å². The summed E-state index contributed by atoms with van der Waals surface area (Å²) in [5.41, 5.74) is -0.181. The van der Waals surface area contributed by atoms with E-state index in [-0.39, 0.29) is 5.60 Å². The first-order valence-electron chi connectivity index (χ1n) is 4.22. The second-order valence-electron chi connectivity index (χ2n) is 3.52. The topological polar surface area (TPSA) is 26.3 Å². The monoisotopic (exact) mass is 156 g/mol. The van der Waals surface area contributed by atoms with Crippen molar-refractivity contribution in [3.05, 3.63) is 0 Å². The summed E-state index contributed by atoms with van der Waals surface area (Å²) >= 11 is 0. The standard InChI is InChI=1S/C9H16O2/c1-9(11-2,6-7-10)8-4-3-5-8/h7-8H,3-6H2,1-2H3. The molecule has 0 spiro atoms. The lowest BCUT2D eigenvalue weighted by molar-refractivity contribution is -0.120. The fourth-order valence-electron chi connectivity index (χ4n) is 1.60. The minimum Gasteiger partial charge on any atom is -0.378 e. The third kappa shape index (κ3) is 1.62. The predicted molar refractivity (Wildman–Crippen MR) is 43.4 cm³/mol. The van der Waals surface area contributed by atoms with Crippen LogP contribution in [0.15, 0.2) is 0 Å². The molecule has 0 N–H and O–H groups in total. The first-order chi connectivity index (χ1) is 5.23. The van der Waals surface area contributed by atoms with Crippen LogP contribution in [0, 0.1) is 5.92 Å². The van der Waals surface area contributed by atoms with Gasteiger partial charge in [0.25, 0.3) is 0 Å². The molecule has 0 heterocycles. The lowest BCUT2D eigenvalue weighted by atomic mass is 9.72. The zero-order valence-corrected chi connectivity index (χ0v) is 7.30. The Balaban J connectivity index is 2.49. The van der Waals surface area contributed by atoms with Crippen molar-refractivity contribution in [1.82, 2.24) is 0 Å². The molecular formula is C9H16O2. The van der Waals surface area contributed by atoms with Gasteiger partial charge in [-0.1, -0.05) is 6.42 Å². The molecule has 2 nitrogen and oxygen atoms in total. The molecule has 1 fully saturated rings. The molecule has 1 aliphatic rings. The Morgan fingerprint density at radius 3 is 2.55 bits per heavy atom. The summed E-state index contributed by atoms with van der Waals surface area (Å²) in [6.45, 7) is 2.03. The van der Waals surface area contributed by atoms with E-state index < -0.39 is 0 Å². The smallest absolute Gasteiger partial charge is 0.122 e. The van der Waals surface area contributed by atoms with E-state index in [1.807, 2.05) is 6.92 Å². The van der Waals surface area contributed by atoms with Crippen molar-refractivity contribution >= 4 is 6.29 Å². The van der Waals surface area contributed by atoms with Crippen molar-refractivity contribution in [2.75, 3.05) is 7.11 Å². The van der Waals surface area contributed by atoms with Gasteiger partial charge in [0, 0.05) is 13.5 Å². The molecular weight excluding hydrogens is 140 g/mol. The van der Waals surface area contributed by atoms with Gasteiger partial charge in [-0.25, -0.2) is 0 Å². The second-order valence-corrected chi connectivity index (χ2v) is 3.52. The van der Waals surface area contributed by atoms with Gasteiger partial charge in [0.05, 0.1) is 5.60 Å². The van der Waals surface area contributed by atoms with E-state index in [0.717, 1.165) is 6.29 Å². The van der Waals surface area contributed by atoms with Crippen molar-refractivity contribution in [3.63, 3.8) is 0 Å². The maximum atomic E-state index is 10.3. The zero-order valence-electron chi connectivity index (χ0n) is 7.30. The molecule has 0 amide bonds. The number of rotatable bonds is 4. The lowest BCUT2D eigenvalue weighted by Crippen LogP contribution is -2.41. The van der Waals surface area contributed by atoms with Gasteiger partial charge in [-0.15, -0.1) is 0 Å². The minimum atomic E-state index is -0.181. The van der Waals surface area contributed by atoms with Crippen LogP contribution in [-0.4, -0.2) is 19.0 Å². The molecule has 1 atom stereocenters. The number of aldehydes is 1.